The number of hydrogen-bond acceptors (Lipinski definition) is 2. The fraction of sp³-hybridized carbons (Fsp3) is 0. The molecule has 0 saturated heterocycles. The van der Waals surface area contributed by atoms with E-state index in [1.54, 1.807) is 0 Å². The molecule has 0 aromatic carbocycles. The third-order valence-corrected chi connectivity index (χ3v) is 0.183. The molecule has 0 atom stereocenters. The molecule has 0 heterocycles. The zero-order chi connectivity index (χ0) is 5.15. The summed E-state index contributed by atoms with van der Waals surface area (Å²) in [5, 5.41) is 14.8. The van der Waals surface area contributed by atoms with E-state index in [4.69, 9.17) is 19.8 Å². The second-order valence-corrected chi connectivity index (χ2v) is 0.610. The van der Waals surface area contributed by atoms with E-state index in [9.17, 15) is 0 Å². The van der Waals surface area contributed by atoms with Crippen LogP contribution in [0.4, 0.5) is 0 Å². The molecule has 0 aliphatic heterocycles. The van der Waals surface area contributed by atoms with E-state index >= 15 is 0 Å². The summed E-state index contributed by atoms with van der Waals surface area (Å²) in [5.41, 5.74) is 0. The summed E-state index contributed by atoms with van der Waals surface area (Å²) in [7, 11) is 0. The zero-order valence-electron chi connectivity index (χ0n) is 3.71. The summed E-state index contributed by atoms with van der Waals surface area (Å²) in [6, 6.07) is 0. The largest absolute Gasteiger partial charge is 0.473 e. The summed E-state index contributed by atoms with van der Waals surface area (Å²) < 4.78 is 0. The Kier molecular flexibility index (Phi) is 16.5. The molecule has 0 spiro atoms. The van der Waals surface area contributed by atoms with Gasteiger partial charge in [0.15, 0.2) is 0 Å². The molecular formula is C2H2CeO4Zr. The fourth-order valence-electron chi connectivity index (χ4n) is 0. The van der Waals surface area contributed by atoms with Crippen LogP contribution in [-0.2, 0) is 35.8 Å². The number of carboxylic acid groups (broad SMARTS) is 2. The number of carboxylic acids is 2. The molecule has 0 unspecified atom stereocenters. The van der Waals surface area contributed by atoms with Gasteiger partial charge in [0.1, 0.15) is 0 Å². The Bertz CT molecular complexity index is 80.0. The van der Waals surface area contributed by atoms with E-state index in [-0.39, 0.29) is 68.0 Å². The second kappa shape index (κ2) is 8.20. The van der Waals surface area contributed by atoms with E-state index in [1.807, 2.05) is 0 Å². The zero-order valence-corrected chi connectivity index (χ0v) is 9.31. The molecule has 0 amide bonds. The maximum absolute atomic E-state index is 9.10. The summed E-state index contributed by atoms with van der Waals surface area (Å²) in [5.74, 6) is -3.65. The van der Waals surface area contributed by atoms with Crippen LogP contribution in [0.1, 0.15) is 0 Å². The van der Waals surface area contributed by atoms with Crippen LogP contribution < -0.4 is 0 Å². The molecule has 0 rings (SSSR count). The van der Waals surface area contributed by atoms with Crippen LogP contribution in [0.15, 0.2) is 0 Å². The van der Waals surface area contributed by atoms with Gasteiger partial charge in [-0.2, -0.15) is 0 Å². The van der Waals surface area contributed by atoms with Crippen LogP contribution in [0.2, 0.25) is 0 Å². The SMILES string of the molecule is O=C(O)C(=O)O.[Ce].[Zr]. The molecule has 0 aliphatic carbocycles. The number of rotatable bonds is 0. The Morgan fingerprint density at radius 3 is 1.12 bits per heavy atom. The van der Waals surface area contributed by atoms with Crippen LogP contribution in [-0.4, -0.2) is 22.2 Å². The topological polar surface area (TPSA) is 74.6 Å². The molecule has 2 N–H and O–H groups in total. The van der Waals surface area contributed by atoms with Gasteiger partial charge in [0.2, 0.25) is 0 Å². The first kappa shape index (κ1) is 16.1. The Morgan fingerprint density at radius 2 is 1.12 bits per heavy atom. The minimum absolute atomic E-state index is 0. The molecule has 8 heavy (non-hydrogen) atoms. The van der Waals surface area contributed by atoms with Crippen molar-refractivity contribution in [3.05, 3.63) is 0 Å². The van der Waals surface area contributed by atoms with Crippen molar-refractivity contribution >= 4 is 11.9 Å². The van der Waals surface area contributed by atoms with Crippen LogP contribution in [0.3, 0.4) is 0 Å². The van der Waals surface area contributed by atoms with Crippen molar-refractivity contribution in [2.45, 2.75) is 0 Å². The van der Waals surface area contributed by atoms with Crippen LogP contribution in [0.5, 0.6) is 0 Å². The molecule has 0 aromatic heterocycles. The molecule has 6 heteroatoms. The standard InChI is InChI=1S/C2H2O4.Ce.Zr/c3-1(4)2(5)6;;/h(H,3,4)(H,5,6);;. The van der Waals surface area contributed by atoms with Crippen LogP contribution >= 0.6 is 0 Å². The average molecular weight is 321 g/mol. The van der Waals surface area contributed by atoms with E-state index in [0.29, 0.717) is 0 Å². The predicted molar refractivity (Wildman–Crippen MR) is 15.3 cm³/mol. The van der Waals surface area contributed by atoms with E-state index in [1.165, 1.54) is 0 Å². The van der Waals surface area contributed by atoms with Gasteiger partial charge in [-0.05, 0) is 0 Å². The molecule has 0 radical (unpaired) electrons. The van der Waals surface area contributed by atoms with E-state index in [0.717, 1.165) is 0 Å². The Balaban J connectivity index is -0.000000125. The summed E-state index contributed by atoms with van der Waals surface area (Å²) in [6.45, 7) is 0. The monoisotopic (exact) mass is 320 g/mol. The van der Waals surface area contributed by atoms with Gasteiger partial charge < -0.3 is 10.2 Å². The van der Waals surface area contributed by atoms with Crippen molar-refractivity contribution in [1.29, 1.82) is 0 Å². The van der Waals surface area contributed by atoms with Crippen molar-refractivity contribution in [2.75, 3.05) is 0 Å². The first-order valence-corrected chi connectivity index (χ1v) is 1.11. The van der Waals surface area contributed by atoms with Gasteiger partial charge in [0.25, 0.3) is 0 Å². The Hall–Kier alpha value is 1.20. The number of carbonyl (C=O) groups is 2. The summed E-state index contributed by atoms with van der Waals surface area (Å²) in [4.78, 5) is 18.2. The summed E-state index contributed by atoms with van der Waals surface area (Å²) in [6.07, 6.45) is 0. The van der Waals surface area contributed by atoms with E-state index < -0.39 is 11.9 Å². The van der Waals surface area contributed by atoms with Gasteiger partial charge in [-0.15, -0.1) is 0 Å². The predicted octanol–water partition coefficient (Wildman–Crippen LogP) is -0.847. The van der Waals surface area contributed by atoms with Crippen molar-refractivity contribution in [2.24, 2.45) is 0 Å². The first-order chi connectivity index (χ1) is 2.64. The third kappa shape index (κ3) is 10.2. The van der Waals surface area contributed by atoms with Gasteiger partial charge in [-0.3, -0.25) is 0 Å². The second-order valence-electron chi connectivity index (χ2n) is 0.610. The fourth-order valence-corrected chi connectivity index (χ4v) is 0. The van der Waals surface area contributed by atoms with Gasteiger partial charge in [-0.25, -0.2) is 9.59 Å². The number of hydrogen-bond donors (Lipinski definition) is 2. The minimum atomic E-state index is -1.82. The van der Waals surface area contributed by atoms with E-state index in [2.05, 4.69) is 0 Å². The molecule has 42 valence electrons. The first-order valence-electron chi connectivity index (χ1n) is 1.11. The Morgan fingerprint density at radius 1 is 1.00 bits per heavy atom. The molecule has 0 saturated carbocycles. The molecule has 0 aliphatic rings. The molecule has 0 bridgehead atoms. The quantitative estimate of drug-likeness (QED) is 0.570. The van der Waals surface area contributed by atoms with Gasteiger partial charge in [0.05, 0.1) is 0 Å². The van der Waals surface area contributed by atoms with Gasteiger partial charge >= 0.3 is 11.9 Å². The minimum Gasteiger partial charge on any atom is -0.473 e. The van der Waals surface area contributed by atoms with Gasteiger partial charge in [0, 0.05) is 68.0 Å². The van der Waals surface area contributed by atoms with Crippen molar-refractivity contribution in [3.63, 3.8) is 0 Å². The third-order valence-electron chi connectivity index (χ3n) is 0.183. The molecular weight excluding hydrogens is 319 g/mol. The Labute approximate surface area is 98.1 Å². The summed E-state index contributed by atoms with van der Waals surface area (Å²) >= 11 is 0. The maximum atomic E-state index is 9.10. The maximum Gasteiger partial charge on any atom is 0.414 e. The normalized spacial score (nSPS) is 5.50. The van der Waals surface area contributed by atoms with Crippen molar-refractivity contribution < 1.29 is 87.8 Å². The van der Waals surface area contributed by atoms with Crippen LogP contribution in [0, 0.1) is 41.7 Å². The van der Waals surface area contributed by atoms with Crippen molar-refractivity contribution in [1.82, 2.24) is 0 Å². The van der Waals surface area contributed by atoms with Gasteiger partial charge in [-0.1, -0.05) is 0 Å². The molecule has 0 fully saturated rings. The average Bonchev–Trinajstić information content (AvgIpc) is 1.36. The molecule has 4 nitrogen and oxygen atoms in total. The molecule has 0 aromatic rings. The number of aliphatic carboxylic acids is 2. The van der Waals surface area contributed by atoms with Crippen LogP contribution in [0.25, 0.3) is 0 Å². The smallest absolute Gasteiger partial charge is 0.414 e. The van der Waals surface area contributed by atoms with Crippen molar-refractivity contribution in [3.8, 4) is 0 Å².